The van der Waals surface area contributed by atoms with Gasteiger partial charge in [0.05, 0.1) is 0 Å². The van der Waals surface area contributed by atoms with Crippen LogP contribution >= 0.6 is 0 Å². The lowest BCUT2D eigenvalue weighted by Gasteiger charge is -2.27. The zero-order chi connectivity index (χ0) is 11.6. The van der Waals surface area contributed by atoms with Crippen molar-refractivity contribution in [1.82, 2.24) is 0 Å². The minimum Gasteiger partial charge on any atom is -0.248 e. The molecule has 1 unspecified atom stereocenters. The fourth-order valence-electron chi connectivity index (χ4n) is 0.722. The average molecular weight is 226 g/mol. The molecule has 0 fully saturated rings. The number of hydrogen-bond donors (Lipinski definition) is 0. The highest BCUT2D eigenvalue weighted by molar-refractivity contribution is 4.92. The third-order valence-corrected chi connectivity index (χ3v) is 1.73. The van der Waals surface area contributed by atoms with Crippen molar-refractivity contribution in [2.24, 2.45) is 0 Å². The van der Waals surface area contributed by atoms with Gasteiger partial charge >= 0.3 is 5.92 Å². The predicted molar refractivity (Wildman–Crippen MR) is 36.0 cm³/mol. The van der Waals surface area contributed by atoms with Crippen molar-refractivity contribution in [3.05, 3.63) is 0 Å². The standard InChI is InChI=1S/C7H9F7/c1-2-6(11,12)5(10)7(13,14)4(9)3-8/h4-5H,2-3H2,1H3/t4?,5-/m0/s1. The van der Waals surface area contributed by atoms with Crippen LogP contribution in [-0.2, 0) is 0 Å². The molecule has 86 valence electrons. The minimum atomic E-state index is -5.01. The van der Waals surface area contributed by atoms with Gasteiger partial charge in [-0.05, 0) is 0 Å². The molecule has 0 aliphatic heterocycles. The van der Waals surface area contributed by atoms with Crippen LogP contribution in [-0.4, -0.2) is 30.9 Å². The van der Waals surface area contributed by atoms with E-state index in [0.717, 1.165) is 6.92 Å². The smallest absolute Gasteiger partial charge is 0.248 e. The quantitative estimate of drug-likeness (QED) is 0.631. The monoisotopic (exact) mass is 226 g/mol. The molecule has 0 aliphatic carbocycles. The predicted octanol–water partition coefficient (Wildman–Crippen LogP) is 3.31. The average Bonchev–Trinajstić information content (AvgIpc) is 2.15. The first-order chi connectivity index (χ1) is 6.20. The second-order valence-electron chi connectivity index (χ2n) is 2.77. The molecule has 0 N–H and O–H groups in total. The van der Waals surface area contributed by atoms with Gasteiger partial charge in [0.15, 0.2) is 6.17 Å². The maximum atomic E-state index is 12.5. The lowest BCUT2D eigenvalue weighted by molar-refractivity contribution is -0.209. The largest absolute Gasteiger partial charge is 0.317 e. The number of alkyl halides is 7. The summed E-state index contributed by atoms with van der Waals surface area (Å²) in [6.45, 7) is -1.43. The van der Waals surface area contributed by atoms with E-state index in [-0.39, 0.29) is 0 Å². The summed E-state index contributed by atoms with van der Waals surface area (Å²) in [5.74, 6) is -9.36. The van der Waals surface area contributed by atoms with Crippen LogP contribution in [0.1, 0.15) is 13.3 Å². The van der Waals surface area contributed by atoms with E-state index in [1.165, 1.54) is 0 Å². The molecule has 0 aliphatic rings. The van der Waals surface area contributed by atoms with Crippen LogP contribution < -0.4 is 0 Å². The Morgan fingerprint density at radius 3 is 1.79 bits per heavy atom. The Labute approximate surface area is 76.1 Å². The molecule has 0 aromatic carbocycles. The van der Waals surface area contributed by atoms with E-state index in [1.54, 1.807) is 0 Å². The van der Waals surface area contributed by atoms with Crippen molar-refractivity contribution in [3.63, 3.8) is 0 Å². The van der Waals surface area contributed by atoms with Crippen LogP contribution in [0.3, 0.4) is 0 Å². The maximum Gasteiger partial charge on any atom is 0.317 e. The number of rotatable bonds is 5. The van der Waals surface area contributed by atoms with E-state index in [2.05, 4.69) is 0 Å². The Bertz CT molecular complexity index is 179. The molecule has 0 amide bonds. The van der Waals surface area contributed by atoms with Gasteiger partial charge in [0.2, 0.25) is 6.17 Å². The Balaban J connectivity index is 4.73. The summed E-state index contributed by atoms with van der Waals surface area (Å²) in [4.78, 5) is 0. The third kappa shape index (κ3) is 2.51. The van der Waals surface area contributed by atoms with Crippen LogP contribution in [0.15, 0.2) is 0 Å². The summed E-state index contributed by atoms with van der Waals surface area (Å²) in [6.07, 6.45) is -8.76. The summed E-state index contributed by atoms with van der Waals surface area (Å²) in [7, 11) is 0. The minimum absolute atomic E-state index is 0.769. The Hall–Kier alpha value is -0.490. The molecule has 0 nitrogen and oxygen atoms in total. The van der Waals surface area contributed by atoms with Crippen molar-refractivity contribution < 1.29 is 30.7 Å². The van der Waals surface area contributed by atoms with Crippen LogP contribution in [0.4, 0.5) is 30.7 Å². The van der Waals surface area contributed by atoms with Crippen molar-refractivity contribution >= 4 is 0 Å². The molecule has 0 aromatic rings. The fourth-order valence-corrected chi connectivity index (χ4v) is 0.722. The molecule has 0 heterocycles. The van der Waals surface area contributed by atoms with Crippen molar-refractivity contribution in [2.75, 3.05) is 6.67 Å². The highest BCUT2D eigenvalue weighted by Crippen LogP contribution is 2.39. The van der Waals surface area contributed by atoms with Gasteiger partial charge < -0.3 is 0 Å². The fraction of sp³-hybridized carbons (Fsp3) is 1.00. The summed E-state index contributed by atoms with van der Waals surface area (Å²) in [6, 6.07) is 0. The lowest BCUT2D eigenvalue weighted by Crippen LogP contribution is -2.50. The molecule has 0 bridgehead atoms. The Morgan fingerprint density at radius 1 is 1.07 bits per heavy atom. The molecule has 0 spiro atoms. The maximum absolute atomic E-state index is 12.5. The molecule has 0 aromatic heterocycles. The normalized spacial score (nSPS) is 18.0. The Kier molecular flexibility index (Phi) is 4.20. The van der Waals surface area contributed by atoms with Crippen LogP contribution in [0.5, 0.6) is 0 Å². The van der Waals surface area contributed by atoms with E-state index in [1.807, 2.05) is 0 Å². The molecular weight excluding hydrogens is 217 g/mol. The first kappa shape index (κ1) is 13.5. The van der Waals surface area contributed by atoms with E-state index >= 15 is 0 Å². The first-order valence-electron chi connectivity index (χ1n) is 3.79. The van der Waals surface area contributed by atoms with Crippen molar-refractivity contribution in [2.45, 2.75) is 37.5 Å². The van der Waals surface area contributed by atoms with Gasteiger partial charge in [-0.15, -0.1) is 0 Å². The molecule has 2 atom stereocenters. The van der Waals surface area contributed by atoms with Crippen LogP contribution in [0.2, 0.25) is 0 Å². The van der Waals surface area contributed by atoms with E-state index in [0.29, 0.717) is 0 Å². The lowest BCUT2D eigenvalue weighted by atomic mass is 10.0. The van der Waals surface area contributed by atoms with Gasteiger partial charge in [-0.25, -0.2) is 22.0 Å². The van der Waals surface area contributed by atoms with Crippen molar-refractivity contribution in [3.8, 4) is 0 Å². The molecule has 0 radical (unpaired) electrons. The molecule has 0 saturated carbocycles. The highest BCUT2D eigenvalue weighted by Gasteiger charge is 2.59. The van der Waals surface area contributed by atoms with Gasteiger partial charge in [0.1, 0.15) is 6.67 Å². The highest BCUT2D eigenvalue weighted by atomic mass is 19.3. The third-order valence-electron chi connectivity index (χ3n) is 1.73. The zero-order valence-electron chi connectivity index (χ0n) is 7.21. The Morgan fingerprint density at radius 2 is 1.50 bits per heavy atom. The second kappa shape index (κ2) is 4.35. The summed E-state index contributed by atoms with van der Waals surface area (Å²) >= 11 is 0. The first-order valence-corrected chi connectivity index (χ1v) is 3.79. The number of hydrogen-bond acceptors (Lipinski definition) is 0. The molecule has 14 heavy (non-hydrogen) atoms. The topological polar surface area (TPSA) is 0 Å². The molecular formula is C7H9F7. The van der Waals surface area contributed by atoms with Gasteiger partial charge in [-0.1, -0.05) is 6.92 Å². The van der Waals surface area contributed by atoms with E-state index in [4.69, 9.17) is 0 Å². The van der Waals surface area contributed by atoms with Crippen LogP contribution in [0, 0.1) is 0 Å². The summed E-state index contributed by atoms with van der Waals surface area (Å²) in [5, 5.41) is 0. The van der Waals surface area contributed by atoms with Crippen LogP contribution in [0.25, 0.3) is 0 Å². The molecule has 0 rings (SSSR count). The van der Waals surface area contributed by atoms with Gasteiger partial charge in [-0.3, -0.25) is 0 Å². The van der Waals surface area contributed by atoms with Gasteiger partial charge in [0.25, 0.3) is 5.92 Å². The van der Waals surface area contributed by atoms with E-state index < -0.39 is 37.3 Å². The van der Waals surface area contributed by atoms with E-state index in [9.17, 15) is 30.7 Å². The van der Waals surface area contributed by atoms with Gasteiger partial charge in [0, 0.05) is 6.42 Å². The van der Waals surface area contributed by atoms with Crippen molar-refractivity contribution in [1.29, 1.82) is 0 Å². The summed E-state index contributed by atoms with van der Waals surface area (Å²) in [5.41, 5.74) is 0. The zero-order valence-corrected chi connectivity index (χ0v) is 7.21. The molecule has 0 saturated heterocycles. The SMILES string of the molecule is CCC(F)(F)[C@H](F)C(F)(F)C(F)CF. The summed E-state index contributed by atoms with van der Waals surface area (Å²) < 4.78 is 85.7. The number of halogens is 7. The van der Waals surface area contributed by atoms with Gasteiger partial charge in [-0.2, -0.15) is 8.78 Å². The molecule has 7 heteroatoms. The second-order valence-corrected chi connectivity index (χ2v) is 2.77.